The Morgan fingerprint density at radius 1 is 0.829 bits per heavy atom. The van der Waals surface area contributed by atoms with E-state index in [2.05, 4.69) is 41.0 Å². The SMILES string of the molecule is CCN(CC)CCCC(C)Nc1ncnc2nc(-c3ccc(Cl)cc3)c(-c3ccc(Cl)cc3)nc12. The van der Waals surface area contributed by atoms with Gasteiger partial charge in [-0.25, -0.2) is 19.9 Å². The van der Waals surface area contributed by atoms with Crippen molar-refractivity contribution in [1.82, 2.24) is 24.8 Å². The summed E-state index contributed by atoms with van der Waals surface area (Å²) in [6, 6.07) is 15.4. The van der Waals surface area contributed by atoms with Crippen LogP contribution in [0.25, 0.3) is 33.7 Å². The molecule has 0 spiro atoms. The minimum absolute atomic E-state index is 0.236. The molecule has 2 heterocycles. The number of nitrogens with one attached hydrogen (secondary N) is 1. The molecule has 0 fully saturated rings. The topological polar surface area (TPSA) is 66.8 Å². The molecule has 0 amide bonds. The third-order valence-electron chi connectivity index (χ3n) is 6.09. The highest BCUT2D eigenvalue weighted by molar-refractivity contribution is 6.31. The maximum Gasteiger partial charge on any atom is 0.184 e. The van der Waals surface area contributed by atoms with Crippen molar-refractivity contribution in [3.63, 3.8) is 0 Å². The molecule has 0 saturated heterocycles. The van der Waals surface area contributed by atoms with Crippen LogP contribution in [0.3, 0.4) is 0 Å². The molecule has 8 heteroatoms. The molecule has 4 rings (SSSR count). The van der Waals surface area contributed by atoms with Gasteiger partial charge in [-0.15, -0.1) is 0 Å². The molecule has 1 atom stereocenters. The second-order valence-corrected chi connectivity index (χ2v) is 9.42. The van der Waals surface area contributed by atoms with Crippen LogP contribution in [0.2, 0.25) is 10.0 Å². The van der Waals surface area contributed by atoms with Gasteiger partial charge in [0.15, 0.2) is 17.0 Å². The van der Waals surface area contributed by atoms with Gasteiger partial charge in [0.2, 0.25) is 0 Å². The normalized spacial score (nSPS) is 12.3. The van der Waals surface area contributed by atoms with E-state index in [0.29, 0.717) is 27.0 Å². The number of halogens is 2. The number of aromatic nitrogens is 4. The van der Waals surface area contributed by atoms with Crippen molar-refractivity contribution in [3.8, 4) is 22.5 Å². The summed E-state index contributed by atoms with van der Waals surface area (Å²) in [4.78, 5) is 21.3. The maximum absolute atomic E-state index is 6.15. The lowest BCUT2D eigenvalue weighted by Gasteiger charge is -2.20. The predicted molar refractivity (Wildman–Crippen MR) is 146 cm³/mol. The van der Waals surface area contributed by atoms with Gasteiger partial charge in [-0.2, -0.15) is 0 Å². The van der Waals surface area contributed by atoms with E-state index in [9.17, 15) is 0 Å². The van der Waals surface area contributed by atoms with Crippen molar-refractivity contribution in [2.75, 3.05) is 25.0 Å². The van der Waals surface area contributed by atoms with Gasteiger partial charge in [0.1, 0.15) is 6.33 Å². The fourth-order valence-corrected chi connectivity index (χ4v) is 4.32. The second kappa shape index (κ2) is 11.8. The third kappa shape index (κ3) is 6.26. The molecule has 0 saturated carbocycles. The van der Waals surface area contributed by atoms with Gasteiger partial charge >= 0.3 is 0 Å². The lowest BCUT2D eigenvalue weighted by atomic mass is 10.0. The number of rotatable bonds is 10. The highest BCUT2D eigenvalue weighted by Gasteiger charge is 2.17. The Hall–Kier alpha value is -2.80. The van der Waals surface area contributed by atoms with Gasteiger partial charge in [0, 0.05) is 27.2 Å². The third-order valence-corrected chi connectivity index (χ3v) is 6.60. The molecule has 182 valence electrons. The lowest BCUT2D eigenvalue weighted by molar-refractivity contribution is 0.295. The predicted octanol–water partition coefficient (Wildman–Crippen LogP) is 6.98. The highest BCUT2D eigenvalue weighted by Crippen LogP contribution is 2.33. The summed E-state index contributed by atoms with van der Waals surface area (Å²) in [6.45, 7) is 9.82. The first-order chi connectivity index (χ1) is 17.0. The van der Waals surface area contributed by atoms with Crippen LogP contribution in [0, 0.1) is 0 Å². The van der Waals surface area contributed by atoms with Crippen LogP contribution in [0.4, 0.5) is 5.82 Å². The first kappa shape index (κ1) is 25.3. The van der Waals surface area contributed by atoms with Gasteiger partial charge in [-0.1, -0.05) is 61.3 Å². The largest absolute Gasteiger partial charge is 0.366 e. The Kier molecular flexibility index (Phi) is 8.50. The van der Waals surface area contributed by atoms with Crippen molar-refractivity contribution >= 4 is 40.2 Å². The first-order valence-corrected chi connectivity index (χ1v) is 12.8. The van der Waals surface area contributed by atoms with Gasteiger partial charge in [-0.3, -0.25) is 0 Å². The first-order valence-electron chi connectivity index (χ1n) is 12.0. The smallest absolute Gasteiger partial charge is 0.184 e. The van der Waals surface area contributed by atoms with Crippen LogP contribution in [-0.2, 0) is 0 Å². The fourth-order valence-electron chi connectivity index (χ4n) is 4.07. The Morgan fingerprint density at radius 3 is 1.97 bits per heavy atom. The van der Waals surface area contributed by atoms with E-state index in [1.165, 1.54) is 6.33 Å². The molecular formula is C27H30Cl2N6. The quantitative estimate of drug-likeness (QED) is 0.249. The van der Waals surface area contributed by atoms with Gasteiger partial charge in [-0.05, 0) is 63.7 Å². The second-order valence-electron chi connectivity index (χ2n) is 8.54. The van der Waals surface area contributed by atoms with Crippen molar-refractivity contribution in [2.45, 2.75) is 39.7 Å². The molecule has 0 radical (unpaired) electrons. The van der Waals surface area contributed by atoms with Gasteiger partial charge < -0.3 is 10.2 Å². The highest BCUT2D eigenvalue weighted by atomic mass is 35.5. The summed E-state index contributed by atoms with van der Waals surface area (Å²) in [6.07, 6.45) is 3.68. The zero-order valence-corrected chi connectivity index (χ0v) is 21.8. The Balaban J connectivity index is 1.70. The number of benzene rings is 2. The summed E-state index contributed by atoms with van der Waals surface area (Å²) in [5.74, 6) is 0.690. The zero-order valence-electron chi connectivity index (χ0n) is 20.3. The number of hydrogen-bond donors (Lipinski definition) is 1. The van der Waals surface area contributed by atoms with Crippen LogP contribution >= 0.6 is 23.2 Å². The number of fused-ring (bicyclic) bond motifs is 1. The van der Waals surface area contributed by atoms with Crippen LogP contribution in [0.5, 0.6) is 0 Å². The summed E-state index contributed by atoms with van der Waals surface area (Å²) < 4.78 is 0. The van der Waals surface area contributed by atoms with Gasteiger partial charge in [0.05, 0.1) is 11.4 Å². The minimum Gasteiger partial charge on any atom is -0.366 e. The minimum atomic E-state index is 0.236. The number of anilines is 1. The average molecular weight is 509 g/mol. The molecule has 0 aliphatic carbocycles. The van der Waals surface area contributed by atoms with Crippen molar-refractivity contribution < 1.29 is 0 Å². The number of hydrogen-bond acceptors (Lipinski definition) is 6. The standard InChI is InChI=1S/C27H30Cl2N6/c1-4-35(5-2)16-6-7-18(3)32-26-25-27(31-17-30-26)34-24(20-10-14-22(29)15-11-20)23(33-25)19-8-12-21(28)13-9-19/h8-15,17-18H,4-7,16H2,1-3H3,(H,30,31,32,34). The van der Waals surface area contributed by atoms with E-state index < -0.39 is 0 Å². The molecule has 1 N–H and O–H groups in total. The molecule has 2 aromatic heterocycles. The fraction of sp³-hybridized carbons (Fsp3) is 0.333. The average Bonchev–Trinajstić information content (AvgIpc) is 2.87. The van der Waals surface area contributed by atoms with E-state index in [1.807, 2.05) is 48.5 Å². The maximum atomic E-state index is 6.15. The van der Waals surface area contributed by atoms with Gasteiger partial charge in [0.25, 0.3) is 0 Å². The monoisotopic (exact) mass is 508 g/mol. The molecule has 0 aliphatic rings. The summed E-state index contributed by atoms with van der Waals surface area (Å²) in [7, 11) is 0. The van der Waals surface area contributed by atoms with Crippen molar-refractivity contribution in [2.24, 2.45) is 0 Å². The molecular weight excluding hydrogens is 479 g/mol. The van der Waals surface area contributed by atoms with Crippen LogP contribution in [0.1, 0.15) is 33.6 Å². The summed E-state index contributed by atoms with van der Waals surface area (Å²) in [5, 5.41) is 4.87. The summed E-state index contributed by atoms with van der Waals surface area (Å²) in [5.41, 5.74) is 4.48. The Bertz CT molecular complexity index is 1260. The molecule has 0 aliphatic heterocycles. The van der Waals surface area contributed by atoms with Crippen molar-refractivity contribution in [3.05, 3.63) is 64.9 Å². The Labute approximate surface area is 216 Å². The van der Waals surface area contributed by atoms with E-state index in [1.54, 1.807) is 0 Å². The van der Waals surface area contributed by atoms with Crippen LogP contribution < -0.4 is 5.32 Å². The van der Waals surface area contributed by atoms with E-state index in [0.717, 1.165) is 55.0 Å². The van der Waals surface area contributed by atoms with E-state index in [4.69, 9.17) is 33.2 Å². The molecule has 35 heavy (non-hydrogen) atoms. The molecule has 1 unspecified atom stereocenters. The Morgan fingerprint density at radius 2 is 1.40 bits per heavy atom. The molecule has 6 nitrogen and oxygen atoms in total. The van der Waals surface area contributed by atoms with E-state index in [-0.39, 0.29) is 6.04 Å². The van der Waals surface area contributed by atoms with Crippen LogP contribution in [0.15, 0.2) is 54.9 Å². The molecule has 0 bridgehead atoms. The van der Waals surface area contributed by atoms with Crippen LogP contribution in [-0.4, -0.2) is 50.5 Å². The lowest BCUT2D eigenvalue weighted by Crippen LogP contribution is -2.25. The molecule has 2 aromatic carbocycles. The van der Waals surface area contributed by atoms with Crippen molar-refractivity contribution in [1.29, 1.82) is 0 Å². The molecule has 4 aromatic rings. The number of nitrogens with zero attached hydrogens (tertiary/aromatic N) is 5. The van der Waals surface area contributed by atoms with E-state index >= 15 is 0 Å². The summed E-state index contributed by atoms with van der Waals surface area (Å²) >= 11 is 12.3. The zero-order chi connectivity index (χ0) is 24.8.